The Morgan fingerprint density at radius 1 is 1.21 bits per heavy atom. The molecular weight excluding hydrogens is 236 g/mol. The van der Waals surface area contributed by atoms with Crippen molar-refractivity contribution in [2.45, 2.75) is 52.1 Å². The topological polar surface area (TPSA) is 33.1 Å². The van der Waals surface area contributed by atoms with Crippen molar-refractivity contribution >= 4 is 0 Å². The highest BCUT2D eigenvalue weighted by Gasteiger charge is 2.20. The number of fused-ring (bicyclic) bond motifs is 1. The molecule has 0 aromatic carbocycles. The molecular formula is C15H26N4. The normalized spacial score (nSPS) is 19.8. The lowest BCUT2D eigenvalue weighted by molar-refractivity contribution is 0.318. The highest BCUT2D eigenvalue weighted by atomic mass is 15.2. The van der Waals surface area contributed by atoms with E-state index in [1.54, 1.807) is 0 Å². The van der Waals surface area contributed by atoms with Crippen LogP contribution in [0.5, 0.6) is 0 Å². The molecule has 0 unspecified atom stereocenters. The summed E-state index contributed by atoms with van der Waals surface area (Å²) in [5, 5.41) is 3.43. The molecule has 0 atom stereocenters. The molecule has 0 spiro atoms. The molecule has 0 saturated carbocycles. The minimum Gasteiger partial charge on any atom is -0.330 e. The molecule has 0 aliphatic carbocycles. The maximum absolute atomic E-state index is 4.87. The third kappa shape index (κ3) is 2.84. The van der Waals surface area contributed by atoms with Crippen LogP contribution in [0.3, 0.4) is 0 Å². The molecule has 4 heteroatoms. The fraction of sp³-hybridized carbons (Fsp3) is 0.800. The number of hydrogen-bond donors (Lipinski definition) is 1. The van der Waals surface area contributed by atoms with Crippen LogP contribution in [0.4, 0.5) is 0 Å². The predicted octanol–water partition coefficient (Wildman–Crippen LogP) is 1.58. The van der Waals surface area contributed by atoms with Gasteiger partial charge in [0.05, 0.1) is 5.69 Å². The molecule has 3 rings (SSSR count). The van der Waals surface area contributed by atoms with Gasteiger partial charge < -0.3 is 14.8 Å². The van der Waals surface area contributed by atoms with Gasteiger partial charge in [0.15, 0.2) is 0 Å². The van der Waals surface area contributed by atoms with E-state index in [1.165, 1.54) is 56.1 Å². The van der Waals surface area contributed by atoms with Crippen LogP contribution in [0, 0.1) is 0 Å². The minimum absolute atomic E-state index is 0.961. The first kappa shape index (κ1) is 13.1. The Hall–Kier alpha value is -0.870. The smallest absolute Gasteiger partial charge is 0.109 e. The first-order valence-corrected chi connectivity index (χ1v) is 7.88. The van der Waals surface area contributed by atoms with Crippen molar-refractivity contribution in [3.8, 4) is 0 Å². The first-order valence-electron chi connectivity index (χ1n) is 7.88. The van der Waals surface area contributed by atoms with Crippen LogP contribution < -0.4 is 5.32 Å². The van der Waals surface area contributed by atoms with E-state index < -0.39 is 0 Å². The molecule has 4 nitrogen and oxygen atoms in total. The zero-order valence-electron chi connectivity index (χ0n) is 12.1. The van der Waals surface area contributed by atoms with E-state index in [9.17, 15) is 0 Å². The zero-order valence-corrected chi connectivity index (χ0v) is 12.1. The second-order valence-corrected chi connectivity index (χ2v) is 5.80. The Bertz CT molecular complexity index is 418. The number of nitrogens with zero attached hydrogens (tertiary/aromatic N) is 3. The second-order valence-electron chi connectivity index (χ2n) is 5.80. The average Bonchev–Trinajstić information content (AvgIpc) is 3.04. The van der Waals surface area contributed by atoms with E-state index in [-0.39, 0.29) is 0 Å². The van der Waals surface area contributed by atoms with Crippen LogP contribution in [-0.4, -0.2) is 40.6 Å². The van der Waals surface area contributed by atoms with E-state index in [2.05, 4.69) is 21.7 Å². The van der Waals surface area contributed by atoms with Gasteiger partial charge in [-0.05, 0) is 32.4 Å². The van der Waals surface area contributed by atoms with Crippen LogP contribution >= 0.6 is 0 Å². The largest absolute Gasteiger partial charge is 0.330 e. The van der Waals surface area contributed by atoms with E-state index in [4.69, 9.17) is 4.98 Å². The van der Waals surface area contributed by atoms with Crippen molar-refractivity contribution in [2.24, 2.45) is 0 Å². The molecule has 0 amide bonds. The third-order valence-electron chi connectivity index (χ3n) is 4.38. The Balaban J connectivity index is 1.74. The summed E-state index contributed by atoms with van der Waals surface area (Å²) in [5.41, 5.74) is 2.80. The van der Waals surface area contributed by atoms with Gasteiger partial charge in [0.1, 0.15) is 5.82 Å². The van der Waals surface area contributed by atoms with Gasteiger partial charge in [-0.15, -0.1) is 0 Å². The van der Waals surface area contributed by atoms with Gasteiger partial charge in [-0.1, -0.05) is 6.92 Å². The Kier molecular flexibility index (Phi) is 4.18. The predicted molar refractivity (Wildman–Crippen MR) is 77.3 cm³/mol. The molecule has 3 heterocycles. The maximum Gasteiger partial charge on any atom is 0.109 e. The minimum atomic E-state index is 0.961. The molecule has 2 aliphatic rings. The molecule has 1 aromatic rings. The standard InChI is InChI=1S/C15H26N4/c1-2-5-15-17-13-12-16-7-6-14(13)19(15)11-10-18-8-3-4-9-18/h16H,2-12H2,1H3. The lowest BCUT2D eigenvalue weighted by atomic mass is 10.2. The van der Waals surface area contributed by atoms with Crippen molar-refractivity contribution in [3.63, 3.8) is 0 Å². The van der Waals surface area contributed by atoms with Gasteiger partial charge in [0.25, 0.3) is 0 Å². The first-order chi connectivity index (χ1) is 9.38. The second kappa shape index (κ2) is 6.06. The molecule has 19 heavy (non-hydrogen) atoms. The van der Waals surface area contributed by atoms with Crippen LogP contribution in [0.25, 0.3) is 0 Å². The van der Waals surface area contributed by atoms with Crippen LogP contribution in [-0.2, 0) is 25.9 Å². The lowest BCUT2D eigenvalue weighted by Crippen LogP contribution is -2.28. The average molecular weight is 262 g/mol. The van der Waals surface area contributed by atoms with Gasteiger partial charge in [0, 0.05) is 44.7 Å². The SMILES string of the molecule is CCCc1nc2c(n1CCN1CCCC1)CCNC2. The Morgan fingerprint density at radius 2 is 2.05 bits per heavy atom. The molecule has 0 bridgehead atoms. The summed E-state index contributed by atoms with van der Waals surface area (Å²) in [6.45, 7) is 9.24. The molecule has 1 fully saturated rings. The van der Waals surface area contributed by atoms with Crippen molar-refractivity contribution in [3.05, 3.63) is 17.2 Å². The Labute approximate surface area is 116 Å². The van der Waals surface area contributed by atoms with E-state index >= 15 is 0 Å². The zero-order chi connectivity index (χ0) is 13.1. The summed E-state index contributed by atoms with van der Waals surface area (Å²) >= 11 is 0. The van der Waals surface area contributed by atoms with E-state index in [1.807, 2.05) is 0 Å². The maximum atomic E-state index is 4.87. The molecule has 1 N–H and O–H groups in total. The molecule has 106 valence electrons. The van der Waals surface area contributed by atoms with Gasteiger partial charge >= 0.3 is 0 Å². The summed E-state index contributed by atoms with van der Waals surface area (Å²) in [5.74, 6) is 1.32. The van der Waals surface area contributed by atoms with Crippen molar-refractivity contribution in [1.29, 1.82) is 0 Å². The number of aromatic nitrogens is 2. The number of hydrogen-bond acceptors (Lipinski definition) is 3. The number of rotatable bonds is 5. The summed E-state index contributed by atoms with van der Waals surface area (Å²) < 4.78 is 2.53. The summed E-state index contributed by atoms with van der Waals surface area (Å²) in [7, 11) is 0. The summed E-state index contributed by atoms with van der Waals surface area (Å²) in [6.07, 6.45) is 6.22. The number of nitrogens with one attached hydrogen (secondary N) is 1. The van der Waals surface area contributed by atoms with Crippen LogP contribution in [0.1, 0.15) is 43.4 Å². The number of aryl methyl sites for hydroxylation is 1. The Morgan fingerprint density at radius 3 is 2.84 bits per heavy atom. The van der Waals surface area contributed by atoms with Gasteiger partial charge in [0.2, 0.25) is 0 Å². The monoisotopic (exact) mass is 262 g/mol. The molecule has 2 aliphatic heterocycles. The fourth-order valence-corrected chi connectivity index (χ4v) is 3.35. The van der Waals surface area contributed by atoms with E-state index in [0.29, 0.717) is 0 Å². The van der Waals surface area contributed by atoms with Crippen molar-refractivity contribution in [1.82, 2.24) is 19.8 Å². The highest BCUT2D eigenvalue weighted by molar-refractivity contribution is 5.20. The van der Waals surface area contributed by atoms with Crippen molar-refractivity contribution < 1.29 is 0 Å². The molecule has 0 radical (unpaired) electrons. The number of imidazole rings is 1. The van der Waals surface area contributed by atoms with Crippen LogP contribution in [0.2, 0.25) is 0 Å². The quantitative estimate of drug-likeness (QED) is 0.874. The summed E-state index contributed by atoms with van der Waals surface area (Å²) in [6, 6.07) is 0. The van der Waals surface area contributed by atoms with Gasteiger partial charge in [-0.2, -0.15) is 0 Å². The lowest BCUT2D eigenvalue weighted by Gasteiger charge is -2.19. The highest BCUT2D eigenvalue weighted by Crippen LogP contribution is 2.18. The molecule has 1 saturated heterocycles. The van der Waals surface area contributed by atoms with Crippen molar-refractivity contribution in [2.75, 3.05) is 26.2 Å². The molecule has 1 aromatic heterocycles. The van der Waals surface area contributed by atoms with Gasteiger partial charge in [-0.3, -0.25) is 0 Å². The van der Waals surface area contributed by atoms with Crippen LogP contribution in [0.15, 0.2) is 0 Å². The number of likely N-dealkylation sites (tertiary alicyclic amines) is 1. The summed E-state index contributed by atoms with van der Waals surface area (Å²) in [4.78, 5) is 7.47. The third-order valence-corrected chi connectivity index (χ3v) is 4.38. The van der Waals surface area contributed by atoms with E-state index in [0.717, 1.165) is 32.5 Å². The van der Waals surface area contributed by atoms with Gasteiger partial charge in [-0.25, -0.2) is 4.98 Å². The fourth-order valence-electron chi connectivity index (χ4n) is 3.35.